The zero-order valence-corrected chi connectivity index (χ0v) is 10.2. The first-order valence-corrected chi connectivity index (χ1v) is 5.53. The molecule has 0 fully saturated rings. The van der Waals surface area contributed by atoms with E-state index >= 15 is 0 Å². The molecule has 0 aliphatic heterocycles. The third-order valence-corrected chi connectivity index (χ3v) is 2.49. The Kier molecular flexibility index (Phi) is 4.04. The van der Waals surface area contributed by atoms with Crippen LogP contribution in [0.2, 0.25) is 0 Å². The molecule has 7 nitrogen and oxygen atoms in total. The van der Waals surface area contributed by atoms with Crippen LogP contribution in [0.3, 0.4) is 0 Å². The summed E-state index contributed by atoms with van der Waals surface area (Å²) in [5.74, 6) is -1.00. The van der Waals surface area contributed by atoms with E-state index in [9.17, 15) is 9.18 Å². The first kappa shape index (κ1) is 13.7. The topological polar surface area (TPSA) is 93.8 Å². The molecule has 0 aliphatic rings. The minimum Gasteiger partial charge on any atom is -0.478 e. The molecule has 1 aromatic carbocycles. The van der Waals surface area contributed by atoms with Crippen molar-refractivity contribution in [2.75, 3.05) is 6.86 Å². The average Bonchev–Trinajstić information content (AvgIpc) is 2.83. The van der Waals surface area contributed by atoms with Crippen molar-refractivity contribution >= 4 is 5.97 Å². The third-order valence-electron chi connectivity index (χ3n) is 2.49. The molecule has 1 heterocycles. The van der Waals surface area contributed by atoms with Gasteiger partial charge in [-0.2, -0.15) is 0 Å². The van der Waals surface area contributed by atoms with Gasteiger partial charge in [-0.1, -0.05) is 11.2 Å². The van der Waals surface area contributed by atoms with Crippen LogP contribution in [0.4, 0.5) is 4.39 Å². The molecule has 0 saturated carbocycles. The second kappa shape index (κ2) is 5.91. The Balaban J connectivity index is 2.25. The molecule has 0 radical (unpaired) electrons. The summed E-state index contributed by atoms with van der Waals surface area (Å²) >= 11 is 0. The quantitative estimate of drug-likeness (QED) is 0.783. The summed E-state index contributed by atoms with van der Waals surface area (Å²) in [6.45, 7) is -1.27. The Labute approximate surface area is 112 Å². The first-order valence-electron chi connectivity index (χ1n) is 5.53. The molecule has 1 aromatic heterocycles. The fourth-order valence-corrected chi connectivity index (χ4v) is 1.63. The van der Waals surface area contributed by atoms with E-state index in [0.29, 0.717) is 4.85 Å². The molecule has 106 valence electrons. The number of carbonyl (C=O) groups is 1. The van der Waals surface area contributed by atoms with Gasteiger partial charge in [0.25, 0.3) is 0 Å². The number of carboxylic acid groups (broad SMARTS) is 1. The van der Waals surface area contributed by atoms with Gasteiger partial charge in [-0.25, -0.2) is 9.18 Å². The fourth-order valence-electron chi connectivity index (χ4n) is 1.63. The van der Waals surface area contributed by atoms with E-state index in [1.807, 2.05) is 0 Å². The standard InChI is InChI=1S/C12H11FN2O5/c13-7-20-10-3-1-2-8(12(16)17)9(10)6-19-11-4-5-15(18)14-11/h1-5,18H,6-7H2,(H,16,17). The van der Waals surface area contributed by atoms with Crippen LogP contribution in [0.25, 0.3) is 0 Å². The van der Waals surface area contributed by atoms with Gasteiger partial charge in [0.1, 0.15) is 12.4 Å². The maximum atomic E-state index is 12.3. The van der Waals surface area contributed by atoms with Crippen LogP contribution in [-0.2, 0) is 6.61 Å². The van der Waals surface area contributed by atoms with Gasteiger partial charge in [0.2, 0.25) is 12.7 Å². The van der Waals surface area contributed by atoms with Crippen LogP contribution in [-0.4, -0.2) is 33.1 Å². The van der Waals surface area contributed by atoms with E-state index < -0.39 is 12.8 Å². The highest BCUT2D eigenvalue weighted by atomic mass is 19.1. The number of halogens is 1. The number of carboxylic acids is 1. The molecule has 0 amide bonds. The Morgan fingerprint density at radius 1 is 1.35 bits per heavy atom. The van der Waals surface area contributed by atoms with E-state index in [0.717, 1.165) is 0 Å². The Morgan fingerprint density at radius 2 is 2.15 bits per heavy atom. The van der Waals surface area contributed by atoms with Crippen LogP contribution in [0.5, 0.6) is 11.6 Å². The third kappa shape index (κ3) is 2.97. The van der Waals surface area contributed by atoms with Crippen molar-refractivity contribution in [2.45, 2.75) is 6.61 Å². The second-order valence-electron chi connectivity index (χ2n) is 3.70. The normalized spacial score (nSPS) is 10.2. The largest absolute Gasteiger partial charge is 0.478 e. The molecule has 2 N–H and O–H groups in total. The molecule has 0 bridgehead atoms. The van der Waals surface area contributed by atoms with Crippen molar-refractivity contribution in [1.82, 2.24) is 9.94 Å². The molecule has 0 atom stereocenters. The molecule has 20 heavy (non-hydrogen) atoms. The zero-order chi connectivity index (χ0) is 14.5. The predicted octanol–water partition coefficient (Wildman–Crippen LogP) is 1.70. The Bertz CT molecular complexity index is 614. The first-order chi connectivity index (χ1) is 9.61. The smallest absolute Gasteiger partial charge is 0.336 e. The van der Waals surface area contributed by atoms with Gasteiger partial charge in [-0.05, 0) is 12.1 Å². The van der Waals surface area contributed by atoms with Crippen molar-refractivity contribution < 1.29 is 29.0 Å². The number of alkyl halides is 1. The van der Waals surface area contributed by atoms with Crippen molar-refractivity contribution in [2.24, 2.45) is 0 Å². The molecular weight excluding hydrogens is 271 g/mol. The minimum absolute atomic E-state index is 0.0561. The van der Waals surface area contributed by atoms with Crippen LogP contribution >= 0.6 is 0 Å². The van der Waals surface area contributed by atoms with Gasteiger partial charge in [-0.3, -0.25) is 0 Å². The highest BCUT2D eigenvalue weighted by molar-refractivity contribution is 5.90. The molecule has 8 heteroatoms. The lowest BCUT2D eigenvalue weighted by Crippen LogP contribution is -2.08. The van der Waals surface area contributed by atoms with Crippen molar-refractivity contribution in [3.05, 3.63) is 41.6 Å². The highest BCUT2D eigenvalue weighted by Gasteiger charge is 2.16. The number of rotatable bonds is 6. The molecule has 2 aromatic rings. The maximum Gasteiger partial charge on any atom is 0.336 e. The zero-order valence-electron chi connectivity index (χ0n) is 10.2. The number of hydrogen-bond acceptors (Lipinski definition) is 5. The van der Waals surface area contributed by atoms with Gasteiger partial charge in [-0.15, -0.1) is 4.85 Å². The molecule has 0 saturated heterocycles. The lowest BCUT2D eigenvalue weighted by atomic mass is 10.1. The number of aromatic carboxylic acids is 1. The highest BCUT2D eigenvalue weighted by Crippen LogP contribution is 2.24. The molecule has 0 spiro atoms. The molecule has 2 rings (SSSR count). The summed E-state index contributed by atoms with van der Waals surface area (Å²) < 4.78 is 22.3. The lowest BCUT2D eigenvalue weighted by molar-refractivity contribution is 0.0691. The Hall–Kier alpha value is -2.77. The van der Waals surface area contributed by atoms with Crippen molar-refractivity contribution in [1.29, 1.82) is 0 Å². The molecular formula is C12H11FN2O5. The van der Waals surface area contributed by atoms with Crippen LogP contribution in [0, 0.1) is 0 Å². The van der Waals surface area contributed by atoms with E-state index in [1.165, 1.54) is 30.5 Å². The van der Waals surface area contributed by atoms with Crippen LogP contribution in [0.15, 0.2) is 30.5 Å². The number of nitrogens with zero attached hydrogens (tertiary/aromatic N) is 2. The van der Waals surface area contributed by atoms with Gasteiger partial charge < -0.3 is 19.8 Å². The Morgan fingerprint density at radius 3 is 2.75 bits per heavy atom. The summed E-state index contributed by atoms with van der Waals surface area (Å²) in [6.07, 6.45) is 1.25. The van der Waals surface area contributed by atoms with E-state index in [-0.39, 0.29) is 29.4 Å². The lowest BCUT2D eigenvalue weighted by Gasteiger charge is -2.12. The van der Waals surface area contributed by atoms with Crippen LogP contribution in [0.1, 0.15) is 15.9 Å². The monoisotopic (exact) mass is 282 g/mol. The number of benzene rings is 1. The number of hydrogen-bond donors (Lipinski definition) is 2. The average molecular weight is 282 g/mol. The SMILES string of the molecule is O=C(O)c1cccc(OCF)c1COc1ccn(O)n1. The van der Waals surface area contributed by atoms with E-state index in [4.69, 9.17) is 19.8 Å². The van der Waals surface area contributed by atoms with Crippen molar-refractivity contribution in [3.8, 4) is 11.6 Å². The van der Waals surface area contributed by atoms with Gasteiger partial charge in [0.05, 0.1) is 11.8 Å². The van der Waals surface area contributed by atoms with Crippen molar-refractivity contribution in [3.63, 3.8) is 0 Å². The number of aromatic nitrogens is 2. The maximum absolute atomic E-state index is 12.3. The molecule has 0 aliphatic carbocycles. The summed E-state index contributed by atoms with van der Waals surface area (Å²) in [6, 6.07) is 5.63. The summed E-state index contributed by atoms with van der Waals surface area (Å²) in [7, 11) is 0. The minimum atomic E-state index is -1.18. The van der Waals surface area contributed by atoms with Gasteiger partial charge in [0.15, 0.2) is 0 Å². The predicted molar refractivity (Wildman–Crippen MR) is 63.7 cm³/mol. The summed E-state index contributed by atoms with van der Waals surface area (Å²) in [5, 5.41) is 21.6. The van der Waals surface area contributed by atoms with E-state index in [1.54, 1.807) is 0 Å². The van der Waals surface area contributed by atoms with Crippen LogP contribution < -0.4 is 9.47 Å². The summed E-state index contributed by atoms with van der Waals surface area (Å²) in [4.78, 5) is 11.7. The fraction of sp³-hybridized carbons (Fsp3) is 0.167. The van der Waals surface area contributed by atoms with E-state index in [2.05, 4.69) is 5.10 Å². The summed E-state index contributed by atoms with van der Waals surface area (Å²) in [5.41, 5.74) is 0.129. The second-order valence-corrected chi connectivity index (χ2v) is 3.70. The molecule has 0 unspecified atom stereocenters. The van der Waals surface area contributed by atoms with Gasteiger partial charge >= 0.3 is 5.97 Å². The number of ether oxygens (including phenoxy) is 2. The van der Waals surface area contributed by atoms with Gasteiger partial charge in [0, 0.05) is 11.6 Å².